The molecule has 0 aromatic rings. The summed E-state index contributed by atoms with van der Waals surface area (Å²) >= 11 is 5.93. The van der Waals surface area contributed by atoms with Gasteiger partial charge in [-0.3, -0.25) is 29.9 Å². The molecular formula is C10H12ClN3O6. The molecule has 0 radical (unpaired) electrons. The van der Waals surface area contributed by atoms with Crippen molar-refractivity contribution in [1.29, 1.82) is 0 Å². The van der Waals surface area contributed by atoms with E-state index in [0.717, 1.165) is 0 Å². The van der Waals surface area contributed by atoms with E-state index in [2.05, 4.69) is 0 Å². The zero-order valence-corrected chi connectivity index (χ0v) is 11.1. The quantitative estimate of drug-likeness (QED) is 0.585. The van der Waals surface area contributed by atoms with Crippen molar-refractivity contribution in [1.82, 2.24) is 4.90 Å². The lowest BCUT2D eigenvalue weighted by Crippen LogP contribution is -2.67. The largest absolute Gasteiger partial charge is 0.480 e. The van der Waals surface area contributed by atoms with E-state index < -0.39 is 33.4 Å². The molecule has 0 aromatic carbocycles. The lowest BCUT2D eigenvalue weighted by molar-refractivity contribution is -0.620. The second kappa shape index (κ2) is 4.67. The molecule has 9 nitrogen and oxygen atoms in total. The molecule has 1 aliphatic heterocycles. The number of halogens is 1. The molecule has 1 fully saturated rings. The van der Waals surface area contributed by atoms with Crippen molar-refractivity contribution >= 4 is 17.6 Å². The molecule has 2 aliphatic rings. The average Bonchev–Trinajstić information content (AvgIpc) is 2.33. The maximum atomic E-state index is 11.4. The lowest BCUT2D eigenvalue weighted by Gasteiger charge is -2.44. The van der Waals surface area contributed by atoms with E-state index in [-0.39, 0.29) is 31.0 Å². The molecule has 0 amide bonds. The van der Waals surface area contributed by atoms with Gasteiger partial charge in [0.15, 0.2) is 0 Å². The third kappa shape index (κ3) is 2.12. The molecule has 0 aromatic heterocycles. The maximum Gasteiger partial charge on any atom is 0.317 e. The predicted octanol–water partition coefficient (Wildman–Crippen LogP) is 0.334. The first-order valence-corrected chi connectivity index (χ1v) is 6.19. The monoisotopic (exact) mass is 305 g/mol. The number of rotatable bonds is 4. The number of piperidine rings is 1. The zero-order valence-electron chi connectivity index (χ0n) is 10.3. The van der Waals surface area contributed by atoms with Crippen molar-refractivity contribution in [2.75, 3.05) is 19.6 Å². The highest BCUT2D eigenvalue weighted by Gasteiger charge is 2.65. The fraction of sp³-hybridized carbons (Fsp3) is 0.700. The summed E-state index contributed by atoms with van der Waals surface area (Å²) in [5.41, 5.74) is -3.35. The molecule has 2 atom stereocenters. The van der Waals surface area contributed by atoms with Crippen molar-refractivity contribution in [3.8, 4) is 0 Å². The van der Waals surface area contributed by atoms with Crippen molar-refractivity contribution in [2.45, 2.75) is 23.9 Å². The van der Waals surface area contributed by atoms with Crippen molar-refractivity contribution < 1.29 is 19.7 Å². The molecule has 2 unspecified atom stereocenters. The van der Waals surface area contributed by atoms with Crippen LogP contribution < -0.4 is 0 Å². The predicted molar refractivity (Wildman–Crippen MR) is 66.7 cm³/mol. The fourth-order valence-electron chi connectivity index (χ4n) is 2.97. The molecule has 1 heterocycles. The standard InChI is InChI=1S/C10H12ClN3O6/c11-7-1-2-9(13(17)18)4-10(7,14(19)20)6-12(5-9)3-8(15)16/h1H,2-6H2,(H,15,16). The summed E-state index contributed by atoms with van der Waals surface area (Å²) in [5, 5.41) is 31.5. The van der Waals surface area contributed by atoms with Crippen LogP contribution in [0.4, 0.5) is 0 Å². The van der Waals surface area contributed by atoms with Gasteiger partial charge in [-0.25, -0.2) is 0 Å². The van der Waals surface area contributed by atoms with Crippen LogP contribution in [0.3, 0.4) is 0 Å². The minimum absolute atomic E-state index is 0.0372. The van der Waals surface area contributed by atoms with Crippen LogP contribution in [0.25, 0.3) is 0 Å². The molecule has 2 bridgehead atoms. The van der Waals surface area contributed by atoms with Gasteiger partial charge < -0.3 is 5.11 Å². The first-order valence-electron chi connectivity index (χ1n) is 5.81. The van der Waals surface area contributed by atoms with E-state index in [1.54, 1.807) is 0 Å². The average molecular weight is 306 g/mol. The second-order valence-corrected chi connectivity index (χ2v) is 5.65. The van der Waals surface area contributed by atoms with Crippen LogP contribution in [-0.2, 0) is 4.79 Å². The number of carboxylic acid groups (broad SMARTS) is 1. The Morgan fingerprint density at radius 3 is 2.55 bits per heavy atom. The molecule has 2 rings (SSSR count). The number of fused-ring (bicyclic) bond motifs is 2. The van der Waals surface area contributed by atoms with Crippen LogP contribution in [0.5, 0.6) is 0 Å². The van der Waals surface area contributed by atoms with Gasteiger partial charge in [0, 0.05) is 16.3 Å². The molecular weight excluding hydrogens is 294 g/mol. The minimum atomic E-state index is -1.79. The number of carbonyl (C=O) groups is 1. The molecule has 1 aliphatic carbocycles. The van der Waals surface area contributed by atoms with Crippen LogP contribution in [0.2, 0.25) is 0 Å². The Kier molecular flexibility index (Phi) is 3.42. The minimum Gasteiger partial charge on any atom is -0.480 e. The number of likely N-dealkylation sites (tertiary alicyclic amines) is 1. The van der Waals surface area contributed by atoms with Gasteiger partial charge in [0.25, 0.3) is 5.54 Å². The number of hydrogen-bond donors (Lipinski definition) is 1. The van der Waals surface area contributed by atoms with Crippen LogP contribution in [-0.4, -0.2) is 56.5 Å². The summed E-state index contributed by atoms with van der Waals surface area (Å²) < 4.78 is 0. The maximum absolute atomic E-state index is 11.4. The molecule has 0 spiro atoms. The van der Waals surface area contributed by atoms with E-state index >= 15 is 0 Å². The zero-order chi connectivity index (χ0) is 15.1. The van der Waals surface area contributed by atoms with Gasteiger partial charge >= 0.3 is 5.97 Å². The Hall–Kier alpha value is -1.74. The number of nitro groups is 2. The van der Waals surface area contributed by atoms with Crippen molar-refractivity contribution in [3.05, 3.63) is 31.3 Å². The second-order valence-electron chi connectivity index (χ2n) is 5.24. The summed E-state index contributed by atoms with van der Waals surface area (Å²) in [6.07, 6.45) is 0.963. The third-order valence-electron chi connectivity index (χ3n) is 3.83. The van der Waals surface area contributed by atoms with Crippen LogP contribution >= 0.6 is 11.6 Å². The summed E-state index contributed by atoms with van der Waals surface area (Å²) in [5.74, 6) is -1.19. The summed E-state index contributed by atoms with van der Waals surface area (Å²) in [7, 11) is 0. The van der Waals surface area contributed by atoms with Gasteiger partial charge in [0.05, 0.1) is 31.1 Å². The molecule has 20 heavy (non-hydrogen) atoms. The van der Waals surface area contributed by atoms with Gasteiger partial charge in [-0.1, -0.05) is 17.7 Å². The Morgan fingerprint density at radius 1 is 1.40 bits per heavy atom. The van der Waals surface area contributed by atoms with E-state index in [4.69, 9.17) is 16.7 Å². The van der Waals surface area contributed by atoms with Crippen LogP contribution in [0.1, 0.15) is 12.8 Å². The highest BCUT2D eigenvalue weighted by atomic mass is 35.5. The SMILES string of the molecule is O=C(O)CN1CC2([N+](=O)[O-])CC=C(Cl)C([N+](=O)[O-])(C1)C2. The summed E-state index contributed by atoms with van der Waals surface area (Å²) in [4.78, 5) is 33.5. The first kappa shape index (κ1) is 14.7. The Morgan fingerprint density at radius 2 is 2.05 bits per heavy atom. The van der Waals surface area contributed by atoms with E-state index in [9.17, 15) is 25.0 Å². The summed E-state index contributed by atoms with van der Waals surface area (Å²) in [6.45, 7) is -0.866. The van der Waals surface area contributed by atoms with Gasteiger partial charge in [-0.15, -0.1) is 0 Å². The molecule has 110 valence electrons. The molecule has 1 saturated heterocycles. The number of aliphatic carboxylic acids is 1. The van der Waals surface area contributed by atoms with E-state index in [1.807, 2.05) is 0 Å². The smallest absolute Gasteiger partial charge is 0.317 e. The third-order valence-corrected chi connectivity index (χ3v) is 4.33. The summed E-state index contributed by atoms with van der Waals surface area (Å²) in [6, 6.07) is 0. The molecule has 0 saturated carbocycles. The van der Waals surface area contributed by atoms with Crippen LogP contribution in [0.15, 0.2) is 11.1 Å². The van der Waals surface area contributed by atoms with Gasteiger partial charge in [-0.05, 0) is 0 Å². The molecule has 10 heteroatoms. The fourth-order valence-corrected chi connectivity index (χ4v) is 3.25. The van der Waals surface area contributed by atoms with Gasteiger partial charge in [0.1, 0.15) is 0 Å². The number of carboxylic acids is 1. The van der Waals surface area contributed by atoms with Gasteiger partial charge in [0.2, 0.25) is 5.54 Å². The van der Waals surface area contributed by atoms with Crippen LogP contribution in [0, 0.1) is 20.2 Å². The lowest BCUT2D eigenvalue weighted by atomic mass is 9.72. The number of nitrogens with zero attached hydrogens (tertiary/aromatic N) is 3. The van der Waals surface area contributed by atoms with E-state index in [0.29, 0.717) is 0 Å². The van der Waals surface area contributed by atoms with Gasteiger partial charge in [-0.2, -0.15) is 0 Å². The number of hydrogen-bond acceptors (Lipinski definition) is 6. The Balaban J connectivity index is 2.47. The highest BCUT2D eigenvalue weighted by Crippen LogP contribution is 2.45. The normalized spacial score (nSPS) is 33.4. The highest BCUT2D eigenvalue weighted by molar-refractivity contribution is 6.30. The topological polar surface area (TPSA) is 127 Å². The Labute approximate surface area is 118 Å². The molecule has 1 N–H and O–H groups in total. The van der Waals surface area contributed by atoms with Crippen molar-refractivity contribution in [3.63, 3.8) is 0 Å². The van der Waals surface area contributed by atoms with E-state index in [1.165, 1.54) is 11.0 Å². The Bertz CT molecular complexity index is 523. The van der Waals surface area contributed by atoms with Crippen molar-refractivity contribution in [2.24, 2.45) is 0 Å². The first-order chi connectivity index (χ1) is 9.22.